The largest absolute Gasteiger partial charge is 0.334 e. The monoisotopic (exact) mass is 260 g/mol. The highest BCUT2D eigenvalue weighted by molar-refractivity contribution is 5.96. The van der Waals surface area contributed by atoms with Gasteiger partial charge < -0.3 is 4.90 Å². The van der Waals surface area contributed by atoms with Gasteiger partial charge in [-0.3, -0.25) is 9.48 Å². The van der Waals surface area contributed by atoms with Crippen molar-refractivity contribution in [1.82, 2.24) is 29.7 Å². The van der Waals surface area contributed by atoms with Crippen molar-refractivity contribution in [2.24, 2.45) is 7.05 Å². The topological polar surface area (TPSA) is 68.8 Å². The minimum atomic E-state index is 0.0477. The first-order valence-electron chi connectivity index (χ1n) is 6.23. The van der Waals surface area contributed by atoms with Crippen LogP contribution in [0.5, 0.6) is 0 Å². The first kappa shape index (κ1) is 11.9. The predicted molar refractivity (Wildman–Crippen MR) is 67.6 cm³/mol. The third kappa shape index (κ3) is 1.81. The Morgan fingerprint density at radius 2 is 1.89 bits per heavy atom. The van der Waals surface area contributed by atoms with Gasteiger partial charge in [0.2, 0.25) is 0 Å². The number of likely N-dealkylation sites (tertiary alicyclic amines) is 1. The van der Waals surface area contributed by atoms with Crippen LogP contribution in [0.15, 0.2) is 12.4 Å². The van der Waals surface area contributed by atoms with Crippen molar-refractivity contribution < 1.29 is 4.79 Å². The predicted octanol–water partition coefficient (Wildman–Crippen LogP) is 0.326. The second kappa shape index (κ2) is 4.18. The number of hydrogen-bond donors (Lipinski definition) is 0. The van der Waals surface area contributed by atoms with Gasteiger partial charge in [-0.25, -0.2) is 0 Å². The van der Waals surface area contributed by atoms with Gasteiger partial charge in [0.15, 0.2) is 0 Å². The highest BCUT2D eigenvalue weighted by atomic mass is 16.2. The van der Waals surface area contributed by atoms with Crippen molar-refractivity contribution in [3.05, 3.63) is 29.3 Å². The Morgan fingerprint density at radius 3 is 2.42 bits per heavy atom. The van der Waals surface area contributed by atoms with Gasteiger partial charge in [-0.05, 0) is 13.8 Å². The lowest BCUT2D eigenvalue weighted by molar-refractivity contribution is 0.0475. The molecule has 7 heteroatoms. The second-order valence-corrected chi connectivity index (χ2v) is 4.88. The lowest BCUT2D eigenvalue weighted by Crippen LogP contribution is -2.51. The fourth-order valence-electron chi connectivity index (χ4n) is 2.42. The number of carbonyl (C=O) groups is 1. The van der Waals surface area contributed by atoms with Crippen molar-refractivity contribution >= 4 is 5.91 Å². The van der Waals surface area contributed by atoms with Crippen LogP contribution in [0.2, 0.25) is 0 Å². The Hall–Kier alpha value is -2.18. The summed E-state index contributed by atoms with van der Waals surface area (Å²) in [5, 5.41) is 12.5. The summed E-state index contributed by atoms with van der Waals surface area (Å²) in [5.74, 6) is 0.0477. The zero-order valence-corrected chi connectivity index (χ0v) is 11.2. The van der Waals surface area contributed by atoms with Crippen molar-refractivity contribution in [3.8, 4) is 0 Å². The number of nitrogens with zero attached hydrogens (tertiary/aromatic N) is 6. The molecular formula is C12H16N6O. The van der Waals surface area contributed by atoms with Crippen LogP contribution in [-0.4, -0.2) is 48.7 Å². The fourth-order valence-corrected chi connectivity index (χ4v) is 2.42. The number of carbonyl (C=O) groups excluding carboxylic acids is 1. The van der Waals surface area contributed by atoms with Gasteiger partial charge >= 0.3 is 0 Å². The van der Waals surface area contributed by atoms with E-state index < -0.39 is 0 Å². The summed E-state index contributed by atoms with van der Waals surface area (Å²) in [6.07, 6.45) is 3.31. The van der Waals surface area contributed by atoms with Crippen LogP contribution in [0.25, 0.3) is 0 Å². The number of rotatable bonds is 2. The fraction of sp³-hybridized carbons (Fsp3) is 0.500. The quantitative estimate of drug-likeness (QED) is 0.780. The lowest BCUT2D eigenvalue weighted by Gasteiger charge is -2.38. The number of aromatic nitrogens is 5. The Kier molecular flexibility index (Phi) is 2.62. The maximum Gasteiger partial charge on any atom is 0.257 e. The van der Waals surface area contributed by atoms with Gasteiger partial charge in [0.1, 0.15) is 6.04 Å². The van der Waals surface area contributed by atoms with E-state index in [0.29, 0.717) is 13.1 Å². The molecule has 3 heterocycles. The zero-order chi connectivity index (χ0) is 13.6. The Bertz CT molecular complexity index is 608. The first-order valence-corrected chi connectivity index (χ1v) is 6.23. The molecule has 1 aliphatic rings. The minimum absolute atomic E-state index is 0.0477. The molecule has 0 radical (unpaired) electrons. The molecule has 1 amide bonds. The molecule has 0 bridgehead atoms. The Balaban J connectivity index is 1.73. The molecule has 0 atom stereocenters. The third-order valence-corrected chi connectivity index (χ3v) is 3.64. The lowest BCUT2D eigenvalue weighted by atomic mass is 10.1. The van der Waals surface area contributed by atoms with E-state index in [4.69, 9.17) is 0 Å². The molecule has 0 N–H and O–H groups in total. The molecule has 2 aromatic heterocycles. The van der Waals surface area contributed by atoms with Crippen LogP contribution >= 0.6 is 0 Å². The van der Waals surface area contributed by atoms with Crippen LogP contribution < -0.4 is 0 Å². The van der Waals surface area contributed by atoms with Crippen molar-refractivity contribution in [2.75, 3.05) is 13.1 Å². The van der Waals surface area contributed by atoms with Crippen LogP contribution in [0.4, 0.5) is 0 Å². The van der Waals surface area contributed by atoms with E-state index in [9.17, 15) is 4.79 Å². The highest BCUT2D eigenvalue weighted by Gasteiger charge is 2.35. The van der Waals surface area contributed by atoms with E-state index in [-0.39, 0.29) is 11.9 Å². The SMILES string of the molecule is Cc1nn(C)c(C)c1C(=O)N1CC(n2nccn2)C1. The van der Waals surface area contributed by atoms with E-state index in [2.05, 4.69) is 15.3 Å². The second-order valence-electron chi connectivity index (χ2n) is 4.88. The van der Waals surface area contributed by atoms with Crippen LogP contribution in [0.1, 0.15) is 27.8 Å². The Morgan fingerprint density at radius 1 is 1.26 bits per heavy atom. The van der Waals surface area contributed by atoms with Crippen LogP contribution in [0.3, 0.4) is 0 Å². The molecule has 1 saturated heterocycles. The van der Waals surface area contributed by atoms with Crippen molar-refractivity contribution in [1.29, 1.82) is 0 Å². The minimum Gasteiger partial charge on any atom is -0.334 e. The van der Waals surface area contributed by atoms with E-state index in [1.165, 1.54) is 0 Å². The molecule has 1 fully saturated rings. The smallest absolute Gasteiger partial charge is 0.257 e. The van der Waals surface area contributed by atoms with Crippen LogP contribution in [-0.2, 0) is 7.05 Å². The molecule has 1 aliphatic heterocycles. The summed E-state index contributed by atoms with van der Waals surface area (Å²) >= 11 is 0. The number of aryl methyl sites for hydroxylation is 2. The molecule has 100 valence electrons. The third-order valence-electron chi connectivity index (χ3n) is 3.64. The van der Waals surface area contributed by atoms with Gasteiger partial charge in [0.05, 0.1) is 23.7 Å². The average Bonchev–Trinajstić information content (AvgIpc) is 2.87. The summed E-state index contributed by atoms with van der Waals surface area (Å²) in [4.78, 5) is 15.9. The van der Waals surface area contributed by atoms with E-state index in [1.54, 1.807) is 21.9 Å². The maximum atomic E-state index is 12.4. The van der Waals surface area contributed by atoms with Gasteiger partial charge in [-0.15, -0.1) is 0 Å². The molecule has 7 nitrogen and oxygen atoms in total. The van der Waals surface area contributed by atoms with E-state index >= 15 is 0 Å². The normalized spacial score (nSPS) is 15.6. The van der Waals surface area contributed by atoms with Gasteiger partial charge in [0, 0.05) is 25.8 Å². The molecule has 0 aliphatic carbocycles. The molecule has 0 saturated carbocycles. The number of hydrogen-bond acceptors (Lipinski definition) is 4. The summed E-state index contributed by atoms with van der Waals surface area (Å²) in [7, 11) is 1.85. The average molecular weight is 260 g/mol. The summed E-state index contributed by atoms with van der Waals surface area (Å²) in [5.41, 5.74) is 2.41. The van der Waals surface area contributed by atoms with Gasteiger partial charge in [-0.2, -0.15) is 20.1 Å². The first-order chi connectivity index (χ1) is 9.08. The van der Waals surface area contributed by atoms with Crippen molar-refractivity contribution in [2.45, 2.75) is 19.9 Å². The molecule has 0 unspecified atom stereocenters. The molecule has 2 aromatic rings. The standard InChI is InChI=1S/C12H16N6O/c1-8-11(9(2)16(3)15-8)12(19)17-6-10(7-17)18-13-4-5-14-18/h4-5,10H,6-7H2,1-3H3. The molecule has 0 aromatic carbocycles. The van der Waals surface area contributed by atoms with E-state index in [1.807, 2.05) is 25.8 Å². The molecule has 0 spiro atoms. The number of amides is 1. The van der Waals surface area contributed by atoms with Crippen molar-refractivity contribution in [3.63, 3.8) is 0 Å². The summed E-state index contributed by atoms with van der Waals surface area (Å²) in [6.45, 7) is 5.09. The highest BCUT2D eigenvalue weighted by Crippen LogP contribution is 2.24. The molecular weight excluding hydrogens is 244 g/mol. The van der Waals surface area contributed by atoms with Crippen LogP contribution in [0, 0.1) is 13.8 Å². The van der Waals surface area contributed by atoms with Gasteiger partial charge in [0.25, 0.3) is 5.91 Å². The maximum absolute atomic E-state index is 12.4. The van der Waals surface area contributed by atoms with E-state index in [0.717, 1.165) is 17.0 Å². The summed E-state index contributed by atoms with van der Waals surface area (Å²) < 4.78 is 1.74. The summed E-state index contributed by atoms with van der Waals surface area (Å²) in [6, 6.07) is 0.191. The molecule has 3 rings (SSSR count). The molecule has 19 heavy (non-hydrogen) atoms. The van der Waals surface area contributed by atoms with Gasteiger partial charge in [-0.1, -0.05) is 0 Å². The zero-order valence-electron chi connectivity index (χ0n) is 11.2. The Labute approximate surface area is 110 Å².